The fourth-order valence-corrected chi connectivity index (χ4v) is 1.24. The van der Waals surface area contributed by atoms with Gasteiger partial charge in [0.2, 0.25) is 0 Å². The third-order valence-electron chi connectivity index (χ3n) is 2.14. The van der Waals surface area contributed by atoms with Crippen LogP contribution in [0.2, 0.25) is 0 Å². The molecule has 78 valence electrons. The second-order valence-electron chi connectivity index (χ2n) is 3.72. The summed E-state index contributed by atoms with van der Waals surface area (Å²) in [4.78, 5) is 0. The van der Waals surface area contributed by atoms with E-state index in [9.17, 15) is 0 Å². The maximum absolute atomic E-state index is 5.56. The molecule has 0 aromatic heterocycles. The molecular formula is C12H19NO. The van der Waals surface area contributed by atoms with Crippen LogP contribution in [0.3, 0.4) is 0 Å². The molecule has 2 N–H and O–H groups in total. The molecule has 0 aliphatic carbocycles. The molecule has 1 rings (SSSR count). The van der Waals surface area contributed by atoms with Crippen molar-refractivity contribution >= 4 is 0 Å². The van der Waals surface area contributed by atoms with Crippen molar-refractivity contribution in [1.82, 2.24) is 0 Å². The Balaban J connectivity index is 2.55. The maximum Gasteiger partial charge on any atom is 0.119 e. The molecule has 0 aliphatic heterocycles. The van der Waals surface area contributed by atoms with E-state index in [1.165, 1.54) is 5.56 Å². The lowest BCUT2D eigenvalue weighted by Crippen LogP contribution is -2.06. The number of ether oxygens (including phenoxy) is 1. The summed E-state index contributed by atoms with van der Waals surface area (Å²) in [6.45, 7) is 5.75. The molecule has 0 bridgehead atoms. The fraction of sp³-hybridized carbons (Fsp3) is 0.500. The SMILES string of the molecule is CC(C)c1cccc(OCCCN)c1. The first-order valence-corrected chi connectivity index (χ1v) is 5.17. The third kappa shape index (κ3) is 3.38. The van der Waals surface area contributed by atoms with Crippen LogP contribution in [0.4, 0.5) is 0 Å². The van der Waals surface area contributed by atoms with Crippen molar-refractivity contribution in [3.63, 3.8) is 0 Å². The summed E-state index contributed by atoms with van der Waals surface area (Å²) in [7, 11) is 0. The lowest BCUT2D eigenvalue weighted by atomic mass is 10.0. The fourth-order valence-electron chi connectivity index (χ4n) is 1.24. The van der Waals surface area contributed by atoms with E-state index in [2.05, 4.69) is 26.0 Å². The first kappa shape index (κ1) is 11.1. The van der Waals surface area contributed by atoms with E-state index >= 15 is 0 Å². The van der Waals surface area contributed by atoms with Crippen LogP contribution in [0.1, 0.15) is 31.7 Å². The van der Waals surface area contributed by atoms with Gasteiger partial charge in [-0.2, -0.15) is 0 Å². The van der Waals surface area contributed by atoms with Gasteiger partial charge in [0.05, 0.1) is 6.61 Å². The molecule has 1 aromatic carbocycles. The number of nitrogens with two attached hydrogens (primary N) is 1. The Morgan fingerprint density at radius 3 is 2.79 bits per heavy atom. The Labute approximate surface area is 86.1 Å². The summed E-state index contributed by atoms with van der Waals surface area (Å²) in [5.74, 6) is 1.50. The summed E-state index contributed by atoms with van der Waals surface area (Å²) >= 11 is 0. The molecule has 0 heterocycles. The average Bonchev–Trinajstić information content (AvgIpc) is 2.19. The topological polar surface area (TPSA) is 35.2 Å². The highest BCUT2D eigenvalue weighted by Gasteiger charge is 2.00. The van der Waals surface area contributed by atoms with E-state index in [1.807, 2.05) is 12.1 Å². The van der Waals surface area contributed by atoms with Crippen molar-refractivity contribution in [2.45, 2.75) is 26.2 Å². The minimum absolute atomic E-state index is 0.549. The monoisotopic (exact) mass is 193 g/mol. The molecule has 0 saturated carbocycles. The Morgan fingerprint density at radius 1 is 1.36 bits per heavy atom. The van der Waals surface area contributed by atoms with Gasteiger partial charge >= 0.3 is 0 Å². The Kier molecular flexibility index (Phi) is 4.47. The highest BCUT2D eigenvalue weighted by molar-refractivity contribution is 5.30. The zero-order chi connectivity index (χ0) is 10.4. The minimum Gasteiger partial charge on any atom is -0.494 e. The molecule has 0 unspecified atom stereocenters. The second kappa shape index (κ2) is 5.66. The van der Waals surface area contributed by atoms with Gasteiger partial charge in [0, 0.05) is 0 Å². The van der Waals surface area contributed by atoms with Crippen molar-refractivity contribution in [2.75, 3.05) is 13.2 Å². The van der Waals surface area contributed by atoms with Crippen LogP contribution in [0, 0.1) is 0 Å². The molecule has 1 aromatic rings. The van der Waals surface area contributed by atoms with E-state index in [4.69, 9.17) is 10.5 Å². The summed E-state index contributed by atoms with van der Waals surface area (Å²) in [6, 6.07) is 8.25. The Bertz CT molecular complexity index is 271. The maximum atomic E-state index is 5.56. The van der Waals surface area contributed by atoms with Crippen LogP contribution in [-0.4, -0.2) is 13.2 Å². The molecule has 0 amide bonds. The second-order valence-corrected chi connectivity index (χ2v) is 3.72. The third-order valence-corrected chi connectivity index (χ3v) is 2.14. The smallest absolute Gasteiger partial charge is 0.119 e. The predicted octanol–water partition coefficient (Wildman–Crippen LogP) is 2.54. The summed E-state index contributed by atoms with van der Waals surface area (Å²) in [6.07, 6.45) is 0.909. The number of hydrogen-bond donors (Lipinski definition) is 1. The molecule has 2 nitrogen and oxygen atoms in total. The van der Waals surface area contributed by atoms with Gasteiger partial charge < -0.3 is 10.5 Å². The zero-order valence-electron chi connectivity index (χ0n) is 8.99. The Morgan fingerprint density at radius 2 is 2.14 bits per heavy atom. The number of benzene rings is 1. The van der Waals surface area contributed by atoms with Crippen molar-refractivity contribution in [3.05, 3.63) is 29.8 Å². The van der Waals surface area contributed by atoms with Gasteiger partial charge in [-0.25, -0.2) is 0 Å². The minimum atomic E-state index is 0.549. The molecule has 0 atom stereocenters. The largest absolute Gasteiger partial charge is 0.494 e. The molecule has 0 saturated heterocycles. The van der Waals surface area contributed by atoms with Crippen LogP contribution < -0.4 is 10.5 Å². The highest BCUT2D eigenvalue weighted by Crippen LogP contribution is 2.19. The predicted molar refractivity (Wildman–Crippen MR) is 59.7 cm³/mol. The van der Waals surface area contributed by atoms with Crippen molar-refractivity contribution < 1.29 is 4.74 Å². The van der Waals surface area contributed by atoms with E-state index in [0.29, 0.717) is 19.1 Å². The van der Waals surface area contributed by atoms with E-state index in [1.54, 1.807) is 0 Å². The van der Waals surface area contributed by atoms with Gasteiger partial charge in [0.25, 0.3) is 0 Å². The molecule has 2 heteroatoms. The first-order chi connectivity index (χ1) is 6.74. The molecule has 0 fully saturated rings. The van der Waals surface area contributed by atoms with Crippen LogP contribution in [0.25, 0.3) is 0 Å². The van der Waals surface area contributed by atoms with Crippen LogP contribution in [-0.2, 0) is 0 Å². The summed E-state index contributed by atoms with van der Waals surface area (Å²) in [5.41, 5.74) is 6.71. The number of hydrogen-bond acceptors (Lipinski definition) is 2. The molecule has 0 radical (unpaired) electrons. The van der Waals surface area contributed by atoms with E-state index < -0.39 is 0 Å². The van der Waals surface area contributed by atoms with Gasteiger partial charge in [-0.15, -0.1) is 0 Å². The molecule has 14 heavy (non-hydrogen) atoms. The van der Waals surface area contributed by atoms with Crippen LogP contribution in [0.15, 0.2) is 24.3 Å². The van der Waals surface area contributed by atoms with Gasteiger partial charge in [-0.05, 0) is 36.6 Å². The van der Waals surface area contributed by atoms with E-state index in [-0.39, 0.29) is 0 Å². The first-order valence-electron chi connectivity index (χ1n) is 5.17. The standard InChI is InChI=1S/C12H19NO/c1-10(2)11-5-3-6-12(9-11)14-8-4-7-13/h3,5-6,9-10H,4,7-8,13H2,1-2H3. The van der Waals surface area contributed by atoms with Crippen molar-refractivity contribution in [3.8, 4) is 5.75 Å². The van der Waals surface area contributed by atoms with Crippen molar-refractivity contribution in [2.24, 2.45) is 5.73 Å². The zero-order valence-corrected chi connectivity index (χ0v) is 8.99. The van der Waals surface area contributed by atoms with Gasteiger partial charge in [0.15, 0.2) is 0 Å². The van der Waals surface area contributed by atoms with E-state index in [0.717, 1.165) is 12.2 Å². The van der Waals surface area contributed by atoms with Gasteiger partial charge in [-0.1, -0.05) is 26.0 Å². The normalized spacial score (nSPS) is 10.6. The van der Waals surface area contributed by atoms with Gasteiger partial charge in [0.1, 0.15) is 5.75 Å². The molecule has 0 spiro atoms. The highest BCUT2D eigenvalue weighted by atomic mass is 16.5. The lowest BCUT2D eigenvalue weighted by molar-refractivity contribution is 0.313. The summed E-state index contributed by atoms with van der Waals surface area (Å²) in [5, 5.41) is 0. The molecular weight excluding hydrogens is 174 g/mol. The lowest BCUT2D eigenvalue weighted by Gasteiger charge is -2.09. The Hall–Kier alpha value is -1.02. The summed E-state index contributed by atoms with van der Waals surface area (Å²) < 4.78 is 5.56. The molecule has 0 aliphatic rings. The van der Waals surface area contributed by atoms with Gasteiger partial charge in [-0.3, -0.25) is 0 Å². The van der Waals surface area contributed by atoms with Crippen molar-refractivity contribution in [1.29, 1.82) is 0 Å². The van der Waals surface area contributed by atoms with Crippen LogP contribution in [0.5, 0.6) is 5.75 Å². The number of rotatable bonds is 5. The van der Waals surface area contributed by atoms with Crippen LogP contribution >= 0.6 is 0 Å². The quantitative estimate of drug-likeness (QED) is 0.729. The average molecular weight is 193 g/mol.